The molecule has 3 heteroatoms. The van der Waals surface area contributed by atoms with Crippen molar-refractivity contribution in [3.8, 4) is 16.9 Å². The van der Waals surface area contributed by atoms with E-state index in [1.165, 1.54) is 5.56 Å². The normalized spacial score (nSPS) is 10.4. The molecule has 94 valence electrons. The van der Waals surface area contributed by atoms with Crippen LogP contribution in [0.15, 0.2) is 36.4 Å². The Morgan fingerprint density at radius 2 is 1.83 bits per heavy atom. The highest BCUT2D eigenvalue weighted by molar-refractivity contribution is 6.32. The monoisotopic (exact) mass is 280 g/mol. The van der Waals surface area contributed by atoms with E-state index in [9.17, 15) is 0 Å². The van der Waals surface area contributed by atoms with Crippen LogP contribution < -0.4 is 4.74 Å². The number of hydrogen-bond acceptors (Lipinski definition) is 1. The maximum Gasteiger partial charge on any atom is 0.137 e. The second-order valence-electron chi connectivity index (χ2n) is 4.04. The van der Waals surface area contributed by atoms with Crippen molar-refractivity contribution in [1.29, 1.82) is 0 Å². The predicted molar refractivity (Wildman–Crippen MR) is 77.8 cm³/mol. The summed E-state index contributed by atoms with van der Waals surface area (Å²) in [6, 6.07) is 11.6. The van der Waals surface area contributed by atoms with E-state index >= 15 is 0 Å². The Hall–Kier alpha value is -1.18. The molecule has 0 saturated carbocycles. The Balaban J connectivity index is 2.45. The predicted octanol–water partition coefficient (Wildman–Crippen LogP) is 5.37. The average Bonchev–Trinajstić information content (AvgIpc) is 2.35. The van der Waals surface area contributed by atoms with Gasteiger partial charge in [-0.15, -0.1) is 0 Å². The van der Waals surface area contributed by atoms with E-state index in [2.05, 4.69) is 6.92 Å². The van der Waals surface area contributed by atoms with Gasteiger partial charge in [-0.05, 0) is 54.8 Å². The van der Waals surface area contributed by atoms with Gasteiger partial charge in [0.1, 0.15) is 5.75 Å². The first kappa shape index (κ1) is 13.3. The third-order valence-corrected chi connectivity index (χ3v) is 3.27. The van der Waals surface area contributed by atoms with Gasteiger partial charge in [-0.1, -0.05) is 35.3 Å². The molecule has 0 bridgehead atoms. The number of aryl methyl sites for hydroxylation is 1. The third-order valence-electron chi connectivity index (χ3n) is 2.74. The lowest BCUT2D eigenvalue weighted by atomic mass is 10.0. The van der Waals surface area contributed by atoms with E-state index in [4.69, 9.17) is 27.9 Å². The average molecular weight is 281 g/mol. The summed E-state index contributed by atoms with van der Waals surface area (Å²) in [6.45, 7) is 4.59. The zero-order valence-corrected chi connectivity index (χ0v) is 11.8. The first-order chi connectivity index (χ1) is 8.61. The van der Waals surface area contributed by atoms with Crippen LogP contribution >= 0.6 is 23.2 Å². The van der Waals surface area contributed by atoms with E-state index in [1.807, 2.05) is 43.3 Å². The molecule has 0 aliphatic rings. The Labute approximate surface area is 117 Å². The minimum Gasteiger partial charge on any atom is -0.492 e. The first-order valence-electron chi connectivity index (χ1n) is 5.80. The highest BCUT2D eigenvalue weighted by atomic mass is 35.5. The molecule has 0 spiro atoms. The summed E-state index contributed by atoms with van der Waals surface area (Å²) in [5.41, 5.74) is 3.30. The third kappa shape index (κ3) is 2.80. The SMILES string of the molecule is CCOc1ccc(-c2cc(Cl)ccc2C)cc1Cl. The Morgan fingerprint density at radius 3 is 2.50 bits per heavy atom. The fourth-order valence-corrected chi connectivity index (χ4v) is 2.25. The molecule has 1 nitrogen and oxygen atoms in total. The van der Waals surface area contributed by atoms with Crippen LogP contribution in [0.5, 0.6) is 5.75 Å². The van der Waals surface area contributed by atoms with Crippen molar-refractivity contribution >= 4 is 23.2 Å². The van der Waals surface area contributed by atoms with E-state index in [0.717, 1.165) is 16.1 Å². The minimum atomic E-state index is 0.606. The lowest BCUT2D eigenvalue weighted by molar-refractivity contribution is 0.340. The first-order valence-corrected chi connectivity index (χ1v) is 6.56. The molecule has 2 aromatic rings. The molecular weight excluding hydrogens is 267 g/mol. The molecule has 2 rings (SSSR count). The number of rotatable bonds is 3. The standard InChI is InChI=1S/C15H14Cl2O/c1-3-18-15-7-5-11(8-14(15)17)13-9-12(16)6-4-10(13)2/h4-9H,3H2,1-2H3. The van der Waals surface area contributed by atoms with E-state index in [0.29, 0.717) is 17.4 Å². The van der Waals surface area contributed by atoms with Gasteiger partial charge in [0.2, 0.25) is 0 Å². The van der Waals surface area contributed by atoms with Crippen molar-refractivity contribution in [2.75, 3.05) is 6.61 Å². The lowest BCUT2D eigenvalue weighted by Gasteiger charge is -2.10. The van der Waals surface area contributed by atoms with Gasteiger partial charge >= 0.3 is 0 Å². The topological polar surface area (TPSA) is 9.23 Å². The van der Waals surface area contributed by atoms with Crippen LogP contribution in [0, 0.1) is 6.92 Å². The Kier molecular flexibility index (Phi) is 4.15. The molecule has 0 aromatic heterocycles. The van der Waals surface area contributed by atoms with Gasteiger partial charge in [0.15, 0.2) is 0 Å². The number of halogens is 2. The summed E-state index contributed by atoms with van der Waals surface area (Å²) in [7, 11) is 0. The van der Waals surface area contributed by atoms with Gasteiger partial charge in [0, 0.05) is 5.02 Å². The van der Waals surface area contributed by atoms with Crippen molar-refractivity contribution in [1.82, 2.24) is 0 Å². The van der Waals surface area contributed by atoms with E-state index < -0.39 is 0 Å². The summed E-state index contributed by atoms with van der Waals surface area (Å²) in [6.07, 6.45) is 0. The molecule has 0 heterocycles. The van der Waals surface area contributed by atoms with Gasteiger partial charge in [-0.25, -0.2) is 0 Å². The second-order valence-corrected chi connectivity index (χ2v) is 4.88. The molecule has 0 aliphatic heterocycles. The highest BCUT2D eigenvalue weighted by Gasteiger charge is 2.07. The van der Waals surface area contributed by atoms with Gasteiger partial charge in [0.05, 0.1) is 11.6 Å². The summed E-state index contributed by atoms with van der Waals surface area (Å²) >= 11 is 12.2. The van der Waals surface area contributed by atoms with Crippen LogP contribution in [0.3, 0.4) is 0 Å². The Morgan fingerprint density at radius 1 is 1.06 bits per heavy atom. The van der Waals surface area contributed by atoms with Crippen LogP contribution in [0.1, 0.15) is 12.5 Å². The van der Waals surface area contributed by atoms with Gasteiger partial charge in [-0.3, -0.25) is 0 Å². The number of hydrogen-bond donors (Lipinski definition) is 0. The van der Waals surface area contributed by atoms with Crippen LogP contribution in [0.2, 0.25) is 10.0 Å². The summed E-state index contributed by atoms with van der Waals surface area (Å²) in [4.78, 5) is 0. The molecule has 0 radical (unpaired) electrons. The summed E-state index contributed by atoms with van der Waals surface area (Å²) in [5.74, 6) is 0.711. The number of ether oxygens (including phenoxy) is 1. The van der Waals surface area contributed by atoms with Crippen molar-refractivity contribution in [2.45, 2.75) is 13.8 Å². The Bertz CT molecular complexity index is 564. The fraction of sp³-hybridized carbons (Fsp3) is 0.200. The molecular formula is C15H14Cl2O. The highest BCUT2D eigenvalue weighted by Crippen LogP contribution is 2.33. The summed E-state index contributed by atoms with van der Waals surface area (Å²) < 4.78 is 5.42. The van der Waals surface area contributed by atoms with Gasteiger partial charge < -0.3 is 4.74 Å². The van der Waals surface area contributed by atoms with Crippen molar-refractivity contribution < 1.29 is 4.74 Å². The zero-order valence-electron chi connectivity index (χ0n) is 10.3. The van der Waals surface area contributed by atoms with Crippen molar-refractivity contribution in [3.05, 3.63) is 52.0 Å². The molecule has 0 atom stereocenters. The molecule has 0 saturated heterocycles. The van der Waals surface area contributed by atoms with E-state index in [1.54, 1.807) is 0 Å². The van der Waals surface area contributed by atoms with Crippen LogP contribution in [-0.2, 0) is 0 Å². The molecule has 0 aliphatic carbocycles. The quantitative estimate of drug-likeness (QED) is 0.735. The van der Waals surface area contributed by atoms with Crippen molar-refractivity contribution in [2.24, 2.45) is 0 Å². The second kappa shape index (κ2) is 5.64. The fourth-order valence-electron chi connectivity index (χ4n) is 1.85. The largest absolute Gasteiger partial charge is 0.492 e. The molecule has 0 unspecified atom stereocenters. The smallest absolute Gasteiger partial charge is 0.137 e. The van der Waals surface area contributed by atoms with Crippen LogP contribution in [0.25, 0.3) is 11.1 Å². The van der Waals surface area contributed by atoms with E-state index in [-0.39, 0.29) is 0 Å². The number of benzene rings is 2. The molecule has 2 aromatic carbocycles. The maximum absolute atomic E-state index is 6.19. The maximum atomic E-state index is 6.19. The molecule has 0 amide bonds. The molecule has 0 fully saturated rings. The lowest BCUT2D eigenvalue weighted by Crippen LogP contribution is -1.92. The zero-order chi connectivity index (χ0) is 13.1. The van der Waals surface area contributed by atoms with Gasteiger partial charge in [-0.2, -0.15) is 0 Å². The molecule has 18 heavy (non-hydrogen) atoms. The summed E-state index contributed by atoms with van der Waals surface area (Å²) in [5, 5.41) is 1.34. The minimum absolute atomic E-state index is 0.606. The van der Waals surface area contributed by atoms with Crippen molar-refractivity contribution in [3.63, 3.8) is 0 Å². The van der Waals surface area contributed by atoms with Crippen LogP contribution in [-0.4, -0.2) is 6.61 Å². The molecule has 0 N–H and O–H groups in total. The van der Waals surface area contributed by atoms with Gasteiger partial charge in [0.25, 0.3) is 0 Å². The van der Waals surface area contributed by atoms with Crippen LogP contribution in [0.4, 0.5) is 0 Å².